The van der Waals surface area contributed by atoms with Gasteiger partial charge in [0.2, 0.25) is 5.91 Å². The van der Waals surface area contributed by atoms with E-state index in [9.17, 15) is 9.59 Å². The third kappa shape index (κ3) is 11.0. The Labute approximate surface area is 91.3 Å². The number of carbonyl (C=O) groups is 2. The van der Waals surface area contributed by atoms with Gasteiger partial charge in [-0.05, 0) is 26.7 Å². The van der Waals surface area contributed by atoms with Crippen LogP contribution in [0, 0.1) is 0 Å². The van der Waals surface area contributed by atoms with E-state index in [2.05, 4.69) is 5.48 Å². The first kappa shape index (κ1) is 14.1. The number of unbranched alkanes of at least 4 members (excludes halogenated alkanes) is 3. The number of amides is 1. The zero-order valence-electron chi connectivity index (χ0n) is 9.67. The van der Waals surface area contributed by atoms with E-state index in [4.69, 9.17) is 4.84 Å². The van der Waals surface area contributed by atoms with E-state index in [1.807, 2.05) is 6.92 Å². The molecule has 4 heteroatoms. The average Bonchev–Trinajstić information content (AvgIpc) is 2.19. The van der Waals surface area contributed by atoms with Gasteiger partial charge in [-0.15, -0.1) is 0 Å². The lowest BCUT2D eigenvalue weighted by molar-refractivity contribution is -0.133. The van der Waals surface area contributed by atoms with Crippen molar-refractivity contribution in [2.75, 3.05) is 6.61 Å². The minimum absolute atomic E-state index is 0.0663. The number of ketones is 1. The van der Waals surface area contributed by atoms with Gasteiger partial charge in [0.05, 0.1) is 6.61 Å². The van der Waals surface area contributed by atoms with E-state index in [0.29, 0.717) is 19.4 Å². The van der Waals surface area contributed by atoms with Gasteiger partial charge in [0.25, 0.3) is 0 Å². The van der Waals surface area contributed by atoms with Gasteiger partial charge in [-0.1, -0.05) is 12.8 Å². The van der Waals surface area contributed by atoms with Crippen LogP contribution in [0.5, 0.6) is 0 Å². The second-order valence-corrected chi connectivity index (χ2v) is 3.57. The third-order valence-corrected chi connectivity index (χ3v) is 2.01. The van der Waals surface area contributed by atoms with Crippen LogP contribution in [0.15, 0.2) is 0 Å². The summed E-state index contributed by atoms with van der Waals surface area (Å²) in [6.07, 6.45) is 4.96. The standard InChI is InChI=1S/C11H21NO3/c1-3-15-12-11(14)9-7-5-4-6-8-10(2)13/h3-9H2,1-2H3,(H,12,14). The fraction of sp³-hybridized carbons (Fsp3) is 0.818. The predicted molar refractivity (Wildman–Crippen MR) is 58.2 cm³/mol. The van der Waals surface area contributed by atoms with Crippen LogP contribution in [0.4, 0.5) is 0 Å². The molecule has 0 aromatic rings. The van der Waals surface area contributed by atoms with Crippen molar-refractivity contribution < 1.29 is 14.4 Å². The van der Waals surface area contributed by atoms with Crippen molar-refractivity contribution in [2.24, 2.45) is 0 Å². The molecule has 0 bridgehead atoms. The van der Waals surface area contributed by atoms with Crippen LogP contribution in [0.2, 0.25) is 0 Å². The highest BCUT2D eigenvalue weighted by molar-refractivity contribution is 5.75. The maximum absolute atomic E-state index is 11.1. The molecule has 0 aliphatic carbocycles. The molecule has 0 aliphatic heterocycles. The Morgan fingerprint density at radius 2 is 1.67 bits per heavy atom. The van der Waals surface area contributed by atoms with Gasteiger partial charge in [0, 0.05) is 12.8 Å². The van der Waals surface area contributed by atoms with Crippen molar-refractivity contribution in [1.82, 2.24) is 5.48 Å². The molecule has 4 nitrogen and oxygen atoms in total. The molecule has 0 aromatic carbocycles. The minimum atomic E-state index is -0.0663. The maximum Gasteiger partial charge on any atom is 0.243 e. The minimum Gasteiger partial charge on any atom is -0.300 e. The average molecular weight is 215 g/mol. The lowest BCUT2D eigenvalue weighted by Crippen LogP contribution is -2.23. The molecule has 0 radical (unpaired) electrons. The van der Waals surface area contributed by atoms with Crippen molar-refractivity contribution >= 4 is 11.7 Å². The number of Topliss-reactive ketones (excluding diaryl/α,β-unsaturated/α-hetero) is 1. The number of nitrogens with one attached hydrogen (secondary N) is 1. The van der Waals surface area contributed by atoms with E-state index in [1.54, 1.807) is 6.92 Å². The highest BCUT2D eigenvalue weighted by Crippen LogP contribution is 2.05. The van der Waals surface area contributed by atoms with Crippen LogP contribution in [0.1, 0.15) is 52.4 Å². The Balaban J connectivity index is 3.16. The molecule has 0 rings (SSSR count). The summed E-state index contributed by atoms with van der Waals surface area (Å²) in [6, 6.07) is 0. The Hall–Kier alpha value is -0.900. The number of hydrogen-bond donors (Lipinski definition) is 1. The molecule has 0 unspecified atom stereocenters. The summed E-state index contributed by atoms with van der Waals surface area (Å²) in [5.74, 6) is 0.174. The molecule has 88 valence electrons. The summed E-state index contributed by atoms with van der Waals surface area (Å²) in [5, 5.41) is 0. The van der Waals surface area contributed by atoms with Gasteiger partial charge in [0.1, 0.15) is 5.78 Å². The van der Waals surface area contributed by atoms with Crippen LogP contribution in [-0.4, -0.2) is 18.3 Å². The smallest absolute Gasteiger partial charge is 0.243 e. The first-order valence-corrected chi connectivity index (χ1v) is 5.57. The summed E-state index contributed by atoms with van der Waals surface area (Å²) in [4.78, 5) is 26.4. The normalized spacial score (nSPS) is 10.0. The van der Waals surface area contributed by atoms with Crippen molar-refractivity contribution in [2.45, 2.75) is 52.4 Å². The van der Waals surface area contributed by atoms with Crippen LogP contribution >= 0.6 is 0 Å². The van der Waals surface area contributed by atoms with Crippen LogP contribution in [-0.2, 0) is 14.4 Å². The molecular weight excluding hydrogens is 194 g/mol. The van der Waals surface area contributed by atoms with Crippen LogP contribution in [0.3, 0.4) is 0 Å². The second-order valence-electron chi connectivity index (χ2n) is 3.57. The van der Waals surface area contributed by atoms with E-state index < -0.39 is 0 Å². The largest absolute Gasteiger partial charge is 0.300 e. The third-order valence-electron chi connectivity index (χ3n) is 2.01. The molecule has 1 N–H and O–H groups in total. The van der Waals surface area contributed by atoms with Gasteiger partial charge in [0.15, 0.2) is 0 Å². The van der Waals surface area contributed by atoms with Gasteiger partial charge in [-0.3, -0.25) is 9.63 Å². The highest BCUT2D eigenvalue weighted by atomic mass is 16.6. The summed E-state index contributed by atoms with van der Waals surface area (Å²) in [6.45, 7) is 3.92. The monoisotopic (exact) mass is 215 g/mol. The summed E-state index contributed by atoms with van der Waals surface area (Å²) in [5.41, 5.74) is 2.35. The van der Waals surface area contributed by atoms with E-state index >= 15 is 0 Å². The highest BCUT2D eigenvalue weighted by Gasteiger charge is 2.00. The molecule has 0 fully saturated rings. The summed E-state index contributed by atoms with van der Waals surface area (Å²) in [7, 11) is 0. The SMILES string of the molecule is CCONC(=O)CCCCCCC(C)=O. The number of carbonyl (C=O) groups excluding carboxylic acids is 2. The Kier molecular flexibility index (Phi) is 9.07. The molecule has 0 saturated heterocycles. The summed E-state index contributed by atoms with van der Waals surface area (Å²) >= 11 is 0. The fourth-order valence-corrected chi connectivity index (χ4v) is 1.22. The molecule has 0 heterocycles. The van der Waals surface area contributed by atoms with Gasteiger partial charge in [-0.2, -0.15) is 0 Å². The maximum atomic E-state index is 11.1. The van der Waals surface area contributed by atoms with Crippen LogP contribution in [0.25, 0.3) is 0 Å². The second kappa shape index (κ2) is 9.65. The molecule has 0 saturated carbocycles. The quantitative estimate of drug-likeness (QED) is 0.472. The molecule has 0 aromatic heterocycles. The van der Waals surface area contributed by atoms with E-state index in [-0.39, 0.29) is 11.7 Å². The van der Waals surface area contributed by atoms with Gasteiger partial charge < -0.3 is 4.79 Å². The van der Waals surface area contributed by atoms with E-state index in [0.717, 1.165) is 25.7 Å². The molecule has 1 amide bonds. The fourth-order valence-electron chi connectivity index (χ4n) is 1.22. The van der Waals surface area contributed by atoms with E-state index in [1.165, 1.54) is 0 Å². The molecule has 0 atom stereocenters. The Bertz CT molecular complexity index is 192. The molecule has 0 spiro atoms. The van der Waals surface area contributed by atoms with Crippen molar-refractivity contribution in [3.05, 3.63) is 0 Å². The number of hydrogen-bond acceptors (Lipinski definition) is 3. The van der Waals surface area contributed by atoms with Crippen LogP contribution < -0.4 is 5.48 Å². The number of hydroxylamine groups is 1. The zero-order chi connectivity index (χ0) is 11.5. The summed E-state index contributed by atoms with van der Waals surface area (Å²) < 4.78 is 0. The molecule has 0 aliphatic rings. The predicted octanol–water partition coefficient (Wildman–Crippen LogP) is 1.98. The zero-order valence-corrected chi connectivity index (χ0v) is 9.67. The topological polar surface area (TPSA) is 55.4 Å². The first-order valence-electron chi connectivity index (χ1n) is 5.57. The van der Waals surface area contributed by atoms with Crippen molar-refractivity contribution in [3.63, 3.8) is 0 Å². The lowest BCUT2D eigenvalue weighted by Gasteiger charge is -2.03. The first-order chi connectivity index (χ1) is 7.16. The molecular formula is C11H21NO3. The Morgan fingerprint density at radius 1 is 1.07 bits per heavy atom. The van der Waals surface area contributed by atoms with Gasteiger partial charge >= 0.3 is 0 Å². The Morgan fingerprint density at radius 3 is 2.20 bits per heavy atom. The number of rotatable bonds is 9. The van der Waals surface area contributed by atoms with Crippen molar-refractivity contribution in [1.29, 1.82) is 0 Å². The van der Waals surface area contributed by atoms with Gasteiger partial charge in [-0.25, -0.2) is 5.48 Å². The van der Waals surface area contributed by atoms with Crippen molar-refractivity contribution in [3.8, 4) is 0 Å². The molecule has 15 heavy (non-hydrogen) atoms. The lowest BCUT2D eigenvalue weighted by atomic mass is 10.1.